The van der Waals surface area contributed by atoms with Crippen molar-refractivity contribution >= 4 is 17.8 Å². The van der Waals surface area contributed by atoms with E-state index in [1.54, 1.807) is 0 Å². The van der Waals surface area contributed by atoms with E-state index < -0.39 is 35.1 Å². The molecule has 0 aromatic heterocycles. The molecular formula is C11H15NO7. The molecule has 0 bridgehead atoms. The van der Waals surface area contributed by atoms with E-state index in [1.807, 2.05) is 0 Å². The van der Waals surface area contributed by atoms with Gasteiger partial charge in [-0.05, 0) is 13.8 Å². The fourth-order valence-corrected chi connectivity index (χ4v) is 2.16. The predicted octanol–water partition coefficient (Wildman–Crippen LogP) is -0.735. The van der Waals surface area contributed by atoms with Gasteiger partial charge in [0.1, 0.15) is 0 Å². The number of aliphatic carboxylic acids is 1. The van der Waals surface area contributed by atoms with E-state index in [-0.39, 0.29) is 19.4 Å². The van der Waals surface area contributed by atoms with Crippen molar-refractivity contribution in [3.05, 3.63) is 0 Å². The summed E-state index contributed by atoms with van der Waals surface area (Å²) in [6, 6.07) is 0. The van der Waals surface area contributed by atoms with Crippen LogP contribution in [0.2, 0.25) is 0 Å². The second-order valence-electron chi connectivity index (χ2n) is 5.20. The Bertz CT molecular complexity index is 441. The molecular weight excluding hydrogens is 258 g/mol. The smallest absolute Gasteiger partial charge is 0.372 e. The maximum atomic E-state index is 12.1. The van der Waals surface area contributed by atoms with Gasteiger partial charge in [-0.1, -0.05) is 0 Å². The number of hydroxylamine groups is 2. The number of carboxylic acid groups (broad SMARTS) is 1. The normalized spacial score (nSPS) is 31.7. The van der Waals surface area contributed by atoms with Crippen molar-refractivity contribution in [2.75, 3.05) is 6.61 Å². The first-order chi connectivity index (χ1) is 8.68. The Morgan fingerprint density at radius 2 is 2.11 bits per heavy atom. The highest BCUT2D eigenvalue weighted by Crippen LogP contribution is 2.37. The Labute approximate surface area is 108 Å². The summed E-state index contributed by atoms with van der Waals surface area (Å²) in [5, 5.41) is 19.6. The van der Waals surface area contributed by atoms with Crippen LogP contribution >= 0.6 is 0 Å². The van der Waals surface area contributed by atoms with Gasteiger partial charge in [-0.15, -0.1) is 0 Å². The number of aliphatic hydroxyl groups is 1. The number of carbonyl (C=O) groups is 3. The van der Waals surface area contributed by atoms with E-state index in [4.69, 9.17) is 9.57 Å². The average Bonchev–Trinajstić information content (AvgIpc) is 2.81. The number of carboxylic acids is 1. The number of carbonyl (C=O) groups excluding carboxylic acids is 2. The van der Waals surface area contributed by atoms with Gasteiger partial charge in [0.2, 0.25) is 0 Å². The van der Waals surface area contributed by atoms with Crippen LogP contribution in [0.5, 0.6) is 0 Å². The van der Waals surface area contributed by atoms with Crippen LogP contribution in [0.15, 0.2) is 0 Å². The summed E-state index contributed by atoms with van der Waals surface area (Å²) in [5.74, 6) is -3.78. The lowest BCUT2D eigenvalue weighted by Crippen LogP contribution is -2.56. The number of hydrogen-bond acceptors (Lipinski definition) is 6. The molecule has 19 heavy (non-hydrogen) atoms. The van der Waals surface area contributed by atoms with Crippen LogP contribution in [0.25, 0.3) is 0 Å². The number of esters is 1. The summed E-state index contributed by atoms with van der Waals surface area (Å²) >= 11 is 0. The van der Waals surface area contributed by atoms with Crippen molar-refractivity contribution in [3.8, 4) is 0 Å². The van der Waals surface area contributed by atoms with Gasteiger partial charge in [-0.2, -0.15) is 5.06 Å². The predicted molar refractivity (Wildman–Crippen MR) is 58.3 cm³/mol. The molecule has 8 nitrogen and oxygen atoms in total. The number of cyclic esters (lactones) is 1. The van der Waals surface area contributed by atoms with Crippen molar-refractivity contribution in [2.45, 2.75) is 38.0 Å². The zero-order valence-corrected chi connectivity index (χ0v) is 10.6. The molecule has 8 heteroatoms. The topological polar surface area (TPSA) is 113 Å². The minimum atomic E-state index is -2.12. The number of hydrogen-bond donors (Lipinski definition) is 2. The summed E-state index contributed by atoms with van der Waals surface area (Å²) in [6.07, 6.45) is -0.280. The lowest BCUT2D eigenvalue weighted by atomic mass is 9.91. The zero-order chi connectivity index (χ0) is 14.4. The molecule has 0 aliphatic carbocycles. The summed E-state index contributed by atoms with van der Waals surface area (Å²) in [7, 11) is 0. The Morgan fingerprint density at radius 1 is 1.47 bits per heavy atom. The van der Waals surface area contributed by atoms with E-state index in [0.29, 0.717) is 5.06 Å². The van der Waals surface area contributed by atoms with E-state index in [1.165, 1.54) is 13.8 Å². The SMILES string of the molecule is CC(C)(O)C1CON(C2(C(=O)O)CCC(=O)O2)C1=O. The van der Waals surface area contributed by atoms with Crippen LogP contribution in [0.3, 0.4) is 0 Å². The van der Waals surface area contributed by atoms with E-state index >= 15 is 0 Å². The van der Waals surface area contributed by atoms with E-state index in [0.717, 1.165) is 0 Å². The minimum Gasteiger partial charge on any atom is -0.477 e. The monoisotopic (exact) mass is 273 g/mol. The molecule has 2 unspecified atom stereocenters. The van der Waals surface area contributed by atoms with Crippen molar-refractivity contribution in [3.63, 3.8) is 0 Å². The molecule has 2 N–H and O–H groups in total. The highest BCUT2D eigenvalue weighted by atomic mass is 16.7. The molecule has 106 valence electrons. The Balaban J connectivity index is 2.29. The van der Waals surface area contributed by atoms with Crippen molar-refractivity contribution in [2.24, 2.45) is 5.92 Å². The first-order valence-electron chi connectivity index (χ1n) is 5.83. The summed E-state index contributed by atoms with van der Waals surface area (Å²) in [4.78, 5) is 39.7. The molecule has 2 aliphatic rings. The van der Waals surface area contributed by atoms with Gasteiger partial charge in [0.05, 0.1) is 24.5 Å². The highest BCUT2D eigenvalue weighted by molar-refractivity contribution is 5.91. The lowest BCUT2D eigenvalue weighted by Gasteiger charge is -2.31. The average molecular weight is 273 g/mol. The second-order valence-corrected chi connectivity index (χ2v) is 5.20. The third-order valence-corrected chi connectivity index (χ3v) is 3.33. The van der Waals surface area contributed by atoms with Crippen molar-refractivity contribution in [1.82, 2.24) is 5.06 Å². The van der Waals surface area contributed by atoms with Gasteiger partial charge >= 0.3 is 17.7 Å². The van der Waals surface area contributed by atoms with Gasteiger partial charge in [-0.25, -0.2) is 4.79 Å². The molecule has 0 saturated carbocycles. The van der Waals surface area contributed by atoms with Crippen LogP contribution in [-0.2, 0) is 24.0 Å². The van der Waals surface area contributed by atoms with E-state index in [2.05, 4.69) is 0 Å². The number of amides is 1. The summed E-state index contributed by atoms with van der Waals surface area (Å²) in [5.41, 5.74) is -3.47. The van der Waals surface area contributed by atoms with E-state index in [9.17, 15) is 24.6 Å². The molecule has 2 atom stereocenters. The molecule has 0 radical (unpaired) electrons. The lowest BCUT2D eigenvalue weighted by molar-refractivity contribution is -0.256. The van der Waals surface area contributed by atoms with Crippen LogP contribution in [-0.4, -0.2) is 51.1 Å². The Morgan fingerprint density at radius 3 is 2.47 bits per heavy atom. The molecule has 2 rings (SSSR count). The van der Waals surface area contributed by atoms with Gasteiger partial charge in [0.15, 0.2) is 0 Å². The molecule has 2 fully saturated rings. The fraction of sp³-hybridized carbons (Fsp3) is 0.727. The largest absolute Gasteiger partial charge is 0.477 e. The molecule has 2 heterocycles. The molecule has 0 spiro atoms. The molecule has 2 saturated heterocycles. The molecule has 1 amide bonds. The maximum Gasteiger partial charge on any atom is 0.372 e. The second kappa shape index (κ2) is 4.17. The molecule has 0 aromatic rings. The first kappa shape index (κ1) is 13.8. The Kier molecular flexibility index (Phi) is 3.02. The fourth-order valence-electron chi connectivity index (χ4n) is 2.16. The number of rotatable bonds is 3. The standard InChI is InChI=1S/C11H15NO7/c1-10(2,17)6-5-18-12(8(6)14)11(9(15)16)4-3-7(13)19-11/h6,17H,3-5H2,1-2H3,(H,15,16). The molecule has 0 aromatic carbocycles. The van der Waals surface area contributed by atoms with Gasteiger partial charge < -0.3 is 14.9 Å². The van der Waals surface area contributed by atoms with Crippen LogP contribution in [0, 0.1) is 5.92 Å². The molecule has 2 aliphatic heterocycles. The highest BCUT2D eigenvalue weighted by Gasteiger charge is 2.60. The van der Waals surface area contributed by atoms with Gasteiger partial charge in [0.25, 0.3) is 5.91 Å². The zero-order valence-electron chi connectivity index (χ0n) is 10.6. The number of nitrogens with zero attached hydrogens (tertiary/aromatic N) is 1. The number of ether oxygens (including phenoxy) is 1. The quantitative estimate of drug-likeness (QED) is 0.651. The van der Waals surface area contributed by atoms with Crippen molar-refractivity contribution < 1.29 is 34.2 Å². The maximum absolute atomic E-state index is 12.1. The van der Waals surface area contributed by atoms with Gasteiger partial charge in [-0.3, -0.25) is 14.4 Å². The minimum absolute atomic E-state index is 0.105. The third-order valence-electron chi connectivity index (χ3n) is 3.33. The van der Waals surface area contributed by atoms with Gasteiger partial charge in [0, 0.05) is 6.42 Å². The van der Waals surface area contributed by atoms with Crippen LogP contribution in [0.1, 0.15) is 26.7 Å². The third kappa shape index (κ3) is 2.06. The summed E-state index contributed by atoms with van der Waals surface area (Å²) < 4.78 is 4.79. The van der Waals surface area contributed by atoms with Crippen molar-refractivity contribution in [1.29, 1.82) is 0 Å². The first-order valence-corrected chi connectivity index (χ1v) is 5.83. The summed E-state index contributed by atoms with van der Waals surface area (Å²) in [6.45, 7) is 2.70. The van der Waals surface area contributed by atoms with Crippen LogP contribution < -0.4 is 0 Å². The Hall–Kier alpha value is -1.67. The van der Waals surface area contributed by atoms with Crippen LogP contribution in [0.4, 0.5) is 0 Å².